The Hall–Kier alpha value is -2.97. The fraction of sp³-hybridized carbons (Fsp3) is 0.500. The highest BCUT2D eigenvalue weighted by Crippen LogP contribution is 2.58. The summed E-state index contributed by atoms with van der Waals surface area (Å²) in [4.78, 5) is 45.7. The molecular formula is C22H29N7O13P2. The predicted octanol–water partition coefficient (Wildman–Crippen LogP) is -2.98. The number of aliphatic hydroxyl groups is 4. The van der Waals surface area contributed by atoms with Gasteiger partial charge >= 0.3 is 7.82 Å². The molecule has 0 spiro atoms. The zero-order valence-electron chi connectivity index (χ0n) is 22.5. The number of carbonyl (C=O) groups excluding carboxylic acids is 1. The van der Waals surface area contributed by atoms with Crippen LogP contribution in [0.15, 0.2) is 37.2 Å². The van der Waals surface area contributed by atoms with Crippen LogP contribution in [0.25, 0.3) is 11.2 Å². The molecule has 2 fully saturated rings. The Morgan fingerprint density at radius 3 is 2.59 bits per heavy atom. The first-order chi connectivity index (χ1) is 20.7. The van der Waals surface area contributed by atoms with E-state index in [1.54, 1.807) is 0 Å². The fourth-order valence-corrected chi connectivity index (χ4v) is 7.18. The van der Waals surface area contributed by atoms with Gasteiger partial charge < -0.3 is 50.9 Å². The molecule has 3 aromatic rings. The maximum atomic E-state index is 12.4. The number of aromatic nitrogens is 5. The molecule has 1 aliphatic heterocycles. The molecule has 0 bridgehead atoms. The quantitative estimate of drug-likeness (QED) is 0.0796. The summed E-state index contributed by atoms with van der Waals surface area (Å²) in [5, 5.41) is 41.8. The van der Waals surface area contributed by atoms with Crippen LogP contribution in [0.3, 0.4) is 0 Å². The zero-order valence-corrected chi connectivity index (χ0v) is 24.3. The van der Waals surface area contributed by atoms with Gasteiger partial charge in [-0.05, 0) is 6.07 Å². The molecule has 240 valence electrons. The van der Waals surface area contributed by atoms with Crippen molar-refractivity contribution in [3.63, 3.8) is 0 Å². The van der Waals surface area contributed by atoms with Crippen LogP contribution < -0.4 is 20.9 Å². The molecular weight excluding hydrogens is 632 g/mol. The smallest absolute Gasteiger partial charge is 0.478 e. The van der Waals surface area contributed by atoms with Crippen LogP contribution in [0, 0.1) is 5.92 Å². The van der Waals surface area contributed by atoms with E-state index in [0.717, 1.165) is 6.33 Å². The maximum Gasteiger partial charge on any atom is 0.478 e. The van der Waals surface area contributed by atoms with Crippen molar-refractivity contribution in [3.8, 4) is 0 Å². The number of hydrogen-bond donors (Lipinski definition) is 7. The summed E-state index contributed by atoms with van der Waals surface area (Å²) < 4.78 is 46.6. The van der Waals surface area contributed by atoms with Crippen molar-refractivity contribution in [3.05, 3.63) is 42.7 Å². The van der Waals surface area contributed by atoms with Gasteiger partial charge in [0.25, 0.3) is 13.7 Å². The molecule has 0 radical (unpaired) electrons. The lowest BCUT2D eigenvalue weighted by molar-refractivity contribution is -0.728. The minimum atomic E-state index is -5.54. The second kappa shape index (κ2) is 12.4. The summed E-state index contributed by atoms with van der Waals surface area (Å²) >= 11 is 0. The van der Waals surface area contributed by atoms with Gasteiger partial charge in [-0.25, -0.2) is 23.8 Å². The molecule has 44 heavy (non-hydrogen) atoms. The first kappa shape index (κ1) is 32.4. The van der Waals surface area contributed by atoms with E-state index in [0.29, 0.717) is 0 Å². The van der Waals surface area contributed by atoms with Crippen molar-refractivity contribution in [1.82, 2.24) is 19.5 Å². The van der Waals surface area contributed by atoms with E-state index >= 15 is 0 Å². The van der Waals surface area contributed by atoms with Crippen LogP contribution in [-0.4, -0.2) is 94.5 Å². The van der Waals surface area contributed by atoms with Gasteiger partial charge in [-0.15, -0.1) is 0 Å². The van der Waals surface area contributed by atoms with Gasteiger partial charge in [0.1, 0.15) is 41.8 Å². The Morgan fingerprint density at radius 1 is 1.11 bits per heavy atom. The molecule has 22 heteroatoms. The van der Waals surface area contributed by atoms with E-state index in [9.17, 15) is 44.1 Å². The van der Waals surface area contributed by atoms with Gasteiger partial charge in [0.15, 0.2) is 36.1 Å². The third kappa shape index (κ3) is 6.66. The molecule has 10 atom stereocenters. The van der Waals surface area contributed by atoms with Crippen molar-refractivity contribution in [2.24, 2.45) is 11.7 Å². The Bertz CT molecular complexity index is 1630. The van der Waals surface area contributed by atoms with E-state index in [-0.39, 0.29) is 29.0 Å². The van der Waals surface area contributed by atoms with Crippen LogP contribution in [0.1, 0.15) is 29.0 Å². The van der Waals surface area contributed by atoms with E-state index in [1.165, 1.54) is 40.0 Å². The number of aliphatic hydroxyl groups excluding tert-OH is 4. The number of pyridine rings is 1. The summed E-state index contributed by atoms with van der Waals surface area (Å²) in [5.41, 5.74) is 11.5. The first-order valence-electron chi connectivity index (χ1n) is 12.9. The Labute approximate surface area is 247 Å². The third-order valence-electron chi connectivity index (χ3n) is 7.31. The van der Waals surface area contributed by atoms with Crippen LogP contribution in [0.5, 0.6) is 0 Å². The lowest BCUT2D eigenvalue weighted by Crippen LogP contribution is -2.45. The van der Waals surface area contributed by atoms with Crippen molar-refractivity contribution in [1.29, 1.82) is 0 Å². The van der Waals surface area contributed by atoms with E-state index < -0.39 is 83.5 Å². The Balaban J connectivity index is 1.16. The molecule has 1 saturated carbocycles. The molecule has 5 rings (SSSR count). The van der Waals surface area contributed by atoms with Gasteiger partial charge in [-0.1, -0.05) is 0 Å². The maximum absolute atomic E-state index is 12.4. The molecule has 1 amide bonds. The van der Waals surface area contributed by atoms with Gasteiger partial charge in [-0.3, -0.25) is 18.5 Å². The van der Waals surface area contributed by atoms with Crippen LogP contribution in [0.2, 0.25) is 0 Å². The number of ether oxygens (including phenoxy) is 1. The van der Waals surface area contributed by atoms with Gasteiger partial charge in [0, 0.05) is 18.4 Å². The highest BCUT2D eigenvalue weighted by molar-refractivity contribution is 7.60. The fourth-order valence-electron chi connectivity index (χ4n) is 5.09. The topological polar surface area (TPSA) is 312 Å². The summed E-state index contributed by atoms with van der Waals surface area (Å²) in [6, 6.07) is 2.17. The molecule has 1 saturated heterocycles. The largest absolute Gasteiger partial charge is 0.756 e. The molecule has 20 nitrogen and oxygen atoms in total. The number of phosphoric ester groups is 2. The molecule has 0 aromatic carbocycles. The van der Waals surface area contributed by atoms with Gasteiger partial charge in [-0.2, -0.15) is 4.57 Å². The number of carbonyl (C=O) groups is 1. The SMILES string of the molecule is NC(=O)c1ccc[n+]([C@@H]2C[C@H](COP(=O)([O-])OP(=O)(O)OC[C@H]3O[C@@H](n4cnc5c(N)ncnc54)[C@H](O)[C@@H]3O)[C@@H](O)[C@H]2O)c1. The van der Waals surface area contributed by atoms with Crippen LogP contribution >= 0.6 is 15.6 Å². The van der Waals surface area contributed by atoms with Crippen LogP contribution in [0.4, 0.5) is 5.82 Å². The molecule has 1 aliphatic carbocycles. The minimum absolute atomic E-state index is 0.00622. The molecule has 2 aliphatic rings. The summed E-state index contributed by atoms with van der Waals surface area (Å²) in [5.74, 6) is -1.63. The number of amides is 1. The van der Waals surface area contributed by atoms with Gasteiger partial charge in [0.2, 0.25) is 0 Å². The minimum Gasteiger partial charge on any atom is -0.756 e. The number of imidazole rings is 1. The van der Waals surface area contributed by atoms with Crippen molar-refractivity contribution in [2.45, 2.75) is 49.2 Å². The zero-order chi connectivity index (χ0) is 32.0. The lowest BCUT2D eigenvalue weighted by Gasteiger charge is -2.27. The Kier molecular flexibility index (Phi) is 9.16. The number of rotatable bonds is 11. The van der Waals surface area contributed by atoms with Crippen molar-refractivity contribution in [2.75, 3.05) is 18.9 Å². The molecule has 3 aromatic heterocycles. The number of fused-ring (bicyclic) bond motifs is 1. The number of phosphoric acid groups is 2. The van der Waals surface area contributed by atoms with Crippen LogP contribution in [-0.2, 0) is 27.2 Å². The number of anilines is 1. The number of primary amides is 1. The second-order valence-corrected chi connectivity index (χ2v) is 13.2. The number of nitrogens with two attached hydrogens (primary N) is 2. The van der Waals surface area contributed by atoms with E-state index in [2.05, 4.69) is 19.3 Å². The average molecular weight is 661 g/mol. The van der Waals surface area contributed by atoms with Crippen molar-refractivity contribution >= 4 is 38.5 Å². The molecule has 4 heterocycles. The third-order valence-corrected chi connectivity index (χ3v) is 9.88. The lowest BCUT2D eigenvalue weighted by atomic mass is 10.1. The number of nitrogens with zero attached hydrogens (tertiary/aromatic N) is 5. The monoisotopic (exact) mass is 661 g/mol. The normalized spacial score (nSPS) is 31.6. The average Bonchev–Trinajstić information content (AvgIpc) is 3.61. The molecule has 9 N–H and O–H groups in total. The second-order valence-electron chi connectivity index (χ2n) is 10.2. The molecule has 2 unspecified atom stereocenters. The highest BCUT2D eigenvalue weighted by Gasteiger charge is 2.48. The summed E-state index contributed by atoms with van der Waals surface area (Å²) in [6.07, 6.45) is -3.54. The predicted molar refractivity (Wildman–Crippen MR) is 140 cm³/mol. The van der Waals surface area contributed by atoms with Crippen molar-refractivity contribution < 1.29 is 66.8 Å². The highest BCUT2D eigenvalue weighted by atomic mass is 31.3. The Morgan fingerprint density at radius 2 is 1.86 bits per heavy atom. The van der Waals surface area contributed by atoms with E-state index in [1.807, 2.05) is 0 Å². The van der Waals surface area contributed by atoms with E-state index in [4.69, 9.17) is 25.3 Å². The standard InChI is InChI=1S/C22H29N7O13P2/c23-19-14-21(26-8-25-19)29(9-27-14)22-18(33)17(32)13(41-22)7-40-44(37,38)42-43(35,36)39-6-11-4-12(16(31)15(11)30)28-3-1-2-10(5-28)20(24)34/h1-3,5,8-9,11-13,15-18,22,30-33H,4,6-7H2,(H5-,23,24,25,26,34,35,36,37,38)/t11-,12-,13-,15-,16+,17-,18-,22-/m1/s1. The van der Waals surface area contributed by atoms with Gasteiger partial charge in [0.05, 0.1) is 25.6 Å². The number of hydrogen-bond acceptors (Lipinski definition) is 16. The summed E-state index contributed by atoms with van der Waals surface area (Å²) in [7, 11) is -10.9. The first-order valence-corrected chi connectivity index (χ1v) is 15.9. The summed E-state index contributed by atoms with van der Waals surface area (Å²) in [6.45, 7) is -1.64. The number of nitrogen functional groups attached to an aromatic ring is 1.